The van der Waals surface area contributed by atoms with Crippen molar-refractivity contribution in [3.63, 3.8) is 0 Å². The molecule has 4 aromatic rings. The van der Waals surface area contributed by atoms with Gasteiger partial charge in [-0.2, -0.15) is 0 Å². The molecule has 0 bridgehead atoms. The van der Waals surface area contributed by atoms with Gasteiger partial charge in [0.25, 0.3) is 0 Å². The normalized spacial score (nSPS) is 18.0. The van der Waals surface area contributed by atoms with Crippen LogP contribution in [0.15, 0.2) is 72.8 Å². The zero-order valence-electron chi connectivity index (χ0n) is 44.1. The van der Waals surface area contributed by atoms with Gasteiger partial charge in [0.05, 0.1) is 28.4 Å². The highest BCUT2D eigenvalue weighted by atomic mass is 16.7. The number of carbonyl (C=O) groups excluding carboxylic acids is 4. The molecule has 0 aliphatic heterocycles. The summed E-state index contributed by atoms with van der Waals surface area (Å²) in [4.78, 5) is 48.8. The molecule has 0 heterocycles. The van der Waals surface area contributed by atoms with Gasteiger partial charge in [0.2, 0.25) is 0 Å². The average molecular weight is 977 g/mol. The Bertz CT molecular complexity index is 2410. The van der Waals surface area contributed by atoms with Crippen molar-refractivity contribution >= 4 is 24.1 Å². The van der Waals surface area contributed by atoms with E-state index in [0.717, 1.165) is 73.6 Å². The van der Waals surface area contributed by atoms with Crippen LogP contribution in [0, 0.1) is 11.8 Å². The van der Waals surface area contributed by atoms with Crippen molar-refractivity contribution in [2.45, 2.75) is 141 Å². The van der Waals surface area contributed by atoms with Gasteiger partial charge in [0.1, 0.15) is 23.0 Å². The van der Waals surface area contributed by atoms with Crippen molar-refractivity contribution in [2.24, 2.45) is 11.8 Å². The van der Waals surface area contributed by atoms with E-state index in [1.165, 1.54) is 50.7 Å². The van der Waals surface area contributed by atoms with Crippen LogP contribution >= 0.6 is 0 Å². The zero-order valence-corrected chi connectivity index (χ0v) is 44.1. The highest BCUT2D eigenvalue weighted by molar-refractivity contribution is 5.72. The van der Waals surface area contributed by atoms with Crippen molar-refractivity contribution in [2.75, 3.05) is 48.3 Å². The summed E-state index contributed by atoms with van der Waals surface area (Å²) in [6.45, 7) is 16.6. The van der Waals surface area contributed by atoms with Gasteiger partial charge < -0.3 is 37.9 Å². The number of carbonyl (C=O) groups is 4. The summed E-state index contributed by atoms with van der Waals surface area (Å²) in [5, 5.41) is 0. The minimum absolute atomic E-state index is 0.0752. The lowest BCUT2D eigenvalue weighted by atomic mass is 9.57. The summed E-state index contributed by atoms with van der Waals surface area (Å²) < 4.78 is 43.3. The highest BCUT2D eigenvalue weighted by Gasteiger charge is 2.45. The van der Waals surface area contributed by atoms with E-state index < -0.39 is 24.1 Å². The van der Waals surface area contributed by atoms with Gasteiger partial charge in [0, 0.05) is 10.8 Å². The molecule has 2 aliphatic carbocycles. The molecule has 71 heavy (non-hydrogen) atoms. The molecular weight excluding hydrogens is 901 g/mol. The first kappa shape index (κ1) is 54.3. The number of esters is 3. The zero-order chi connectivity index (χ0) is 51.6. The standard InChI is InChI=1S/C59H76O12/c1-36(2)46-29-42(13-17-50(46)68-33-54(60)64-9)58(43-14-18-51(47(30-43)37(3)4)69-34-55(61)65-10)25-21-40(22-26-58)41-23-27-59(28-24-41,45-16-20-53(71-57(63)67-12)49(32-45)39(7)8)44-15-19-52(48(31-44)38(5)6)70-35-56(62)66-11/h13-20,29-32,36-41H,21-28,33-35H2,1-12H3. The van der Waals surface area contributed by atoms with E-state index in [4.69, 9.17) is 37.9 Å². The number of rotatable bonds is 19. The number of hydrogen-bond acceptors (Lipinski definition) is 12. The minimum atomic E-state index is -0.750. The summed E-state index contributed by atoms with van der Waals surface area (Å²) in [5.41, 5.74) is 8.17. The Balaban J connectivity index is 1.36. The third-order valence-corrected chi connectivity index (χ3v) is 15.3. The largest absolute Gasteiger partial charge is 0.513 e. The smallest absolute Gasteiger partial charge is 0.482 e. The Labute approximate surface area is 421 Å². The van der Waals surface area contributed by atoms with Gasteiger partial charge in [0.15, 0.2) is 19.8 Å². The van der Waals surface area contributed by atoms with Crippen molar-refractivity contribution in [1.29, 1.82) is 0 Å². The van der Waals surface area contributed by atoms with Gasteiger partial charge in [-0.05, 0) is 156 Å². The maximum atomic E-state index is 12.4. The predicted octanol–water partition coefficient (Wildman–Crippen LogP) is 12.6. The fourth-order valence-corrected chi connectivity index (χ4v) is 11.1. The summed E-state index contributed by atoms with van der Waals surface area (Å²) in [7, 11) is 5.39. The van der Waals surface area contributed by atoms with Crippen molar-refractivity contribution in [1.82, 2.24) is 0 Å². The van der Waals surface area contributed by atoms with E-state index in [0.29, 0.717) is 34.8 Å². The summed E-state index contributed by atoms with van der Waals surface area (Å²) in [6, 6.07) is 25.6. The van der Waals surface area contributed by atoms with Crippen molar-refractivity contribution in [3.8, 4) is 23.0 Å². The molecular formula is C59H76O12. The molecule has 0 radical (unpaired) electrons. The van der Waals surface area contributed by atoms with Crippen LogP contribution in [0.2, 0.25) is 0 Å². The van der Waals surface area contributed by atoms with Gasteiger partial charge in [-0.3, -0.25) is 0 Å². The third-order valence-electron chi connectivity index (χ3n) is 15.3. The van der Waals surface area contributed by atoms with E-state index in [1.54, 1.807) is 0 Å². The number of hydrogen-bond donors (Lipinski definition) is 0. The first-order valence-corrected chi connectivity index (χ1v) is 25.3. The maximum absolute atomic E-state index is 12.4. The van der Waals surface area contributed by atoms with Crippen molar-refractivity contribution < 1.29 is 57.1 Å². The van der Waals surface area contributed by atoms with E-state index in [1.807, 2.05) is 24.3 Å². The van der Waals surface area contributed by atoms with Crippen LogP contribution in [0.5, 0.6) is 23.0 Å². The van der Waals surface area contributed by atoms with Gasteiger partial charge in [-0.1, -0.05) is 104 Å². The molecule has 4 aromatic carbocycles. The molecule has 0 amide bonds. The number of methoxy groups -OCH3 is 4. The van der Waals surface area contributed by atoms with Crippen molar-refractivity contribution in [3.05, 3.63) is 117 Å². The predicted molar refractivity (Wildman–Crippen MR) is 273 cm³/mol. The molecule has 2 fully saturated rings. The minimum Gasteiger partial charge on any atom is -0.482 e. The monoisotopic (exact) mass is 977 g/mol. The molecule has 2 saturated carbocycles. The van der Waals surface area contributed by atoms with E-state index in [9.17, 15) is 19.2 Å². The fraction of sp³-hybridized carbons (Fsp3) is 0.525. The topological polar surface area (TPSA) is 142 Å². The first-order valence-electron chi connectivity index (χ1n) is 25.3. The Morgan fingerprint density at radius 1 is 0.423 bits per heavy atom. The van der Waals surface area contributed by atoms with Crippen LogP contribution in [0.3, 0.4) is 0 Å². The number of benzene rings is 4. The average Bonchev–Trinajstić information content (AvgIpc) is 3.38. The third kappa shape index (κ3) is 12.4. The van der Waals surface area contributed by atoms with Gasteiger partial charge in [-0.25, -0.2) is 19.2 Å². The molecule has 0 aromatic heterocycles. The van der Waals surface area contributed by atoms with Crippen LogP contribution in [0.4, 0.5) is 4.79 Å². The molecule has 0 spiro atoms. The Hall–Kier alpha value is -6.04. The molecule has 12 nitrogen and oxygen atoms in total. The molecule has 12 heteroatoms. The quantitative estimate of drug-likeness (QED) is 0.0501. The van der Waals surface area contributed by atoms with E-state index >= 15 is 0 Å². The second-order valence-corrected chi connectivity index (χ2v) is 20.6. The molecule has 2 aliphatic rings. The lowest BCUT2D eigenvalue weighted by Crippen LogP contribution is -2.39. The van der Waals surface area contributed by atoms with E-state index in [-0.39, 0.29) is 54.3 Å². The highest BCUT2D eigenvalue weighted by Crippen LogP contribution is 2.55. The molecule has 384 valence electrons. The molecule has 0 atom stereocenters. The van der Waals surface area contributed by atoms with Crippen LogP contribution < -0.4 is 18.9 Å². The van der Waals surface area contributed by atoms with Crippen LogP contribution in [-0.4, -0.2) is 72.3 Å². The SMILES string of the molecule is COC(=O)COc1ccc(C2(c3ccc(OCC(=O)OC)c(C(C)C)c3)CCC(C3CCC(c4ccc(OCC(=O)OC)c(C(C)C)c4)(c4ccc(OC(=O)OC)c(C(C)C)c4)CC3)CC2)cc1C(C)C. The van der Waals surface area contributed by atoms with Crippen LogP contribution in [0.1, 0.15) is 175 Å². The molecule has 0 saturated heterocycles. The summed E-state index contributed by atoms with van der Waals surface area (Å²) in [6.07, 6.45) is 7.08. The molecule has 6 rings (SSSR count). The Morgan fingerprint density at radius 3 is 0.944 bits per heavy atom. The second-order valence-electron chi connectivity index (χ2n) is 20.6. The Morgan fingerprint density at radius 2 is 0.690 bits per heavy atom. The molecule has 0 unspecified atom stereocenters. The van der Waals surface area contributed by atoms with Crippen LogP contribution in [0.25, 0.3) is 0 Å². The van der Waals surface area contributed by atoms with E-state index in [2.05, 4.69) is 104 Å². The van der Waals surface area contributed by atoms with Crippen LogP contribution in [-0.2, 0) is 44.2 Å². The fourth-order valence-electron chi connectivity index (χ4n) is 11.1. The summed E-state index contributed by atoms with van der Waals surface area (Å²) >= 11 is 0. The maximum Gasteiger partial charge on any atom is 0.513 e. The molecule has 0 N–H and O–H groups in total. The first-order chi connectivity index (χ1) is 33.9. The summed E-state index contributed by atoms with van der Waals surface area (Å²) in [5.74, 6) is 2.68. The number of ether oxygens (including phenoxy) is 8. The van der Waals surface area contributed by atoms with Gasteiger partial charge >= 0.3 is 24.1 Å². The Kier molecular flexibility index (Phi) is 18.3. The lowest BCUT2D eigenvalue weighted by Gasteiger charge is -2.47. The second kappa shape index (κ2) is 23.9. The van der Waals surface area contributed by atoms with Gasteiger partial charge in [-0.15, -0.1) is 0 Å². The lowest BCUT2D eigenvalue weighted by molar-refractivity contribution is -0.143.